The Kier molecular flexibility index (Phi) is 4.46. The Labute approximate surface area is 115 Å². The van der Waals surface area contributed by atoms with Gasteiger partial charge in [-0.1, -0.05) is 19.9 Å². The maximum Gasteiger partial charge on any atom is 0.126 e. The fraction of sp³-hybridized carbons (Fsp3) is 0.625. The van der Waals surface area contributed by atoms with Gasteiger partial charge in [0.15, 0.2) is 0 Å². The van der Waals surface area contributed by atoms with Gasteiger partial charge in [-0.3, -0.25) is 0 Å². The van der Waals surface area contributed by atoms with Gasteiger partial charge < -0.3 is 10.4 Å². The number of phenolic OH excluding ortho intramolecular Hbond substituents is 1. The largest absolute Gasteiger partial charge is 0.508 e. The second-order valence-corrected chi connectivity index (χ2v) is 6.09. The molecule has 2 nitrogen and oxygen atoms in total. The third-order valence-corrected chi connectivity index (χ3v) is 4.35. The first-order valence-corrected chi connectivity index (χ1v) is 7.22. The molecule has 4 unspecified atom stereocenters. The lowest BCUT2D eigenvalue weighted by Crippen LogP contribution is -2.40. The number of benzene rings is 1. The molecule has 1 aromatic carbocycles. The monoisotopic (exact) mass is 265 g/mol. The Morgan fingerprint density at radius 2 is 2.05 bits per heavy atom. The maximum absolute atomic E-state index is 13.0. The number of hydrogen-bond donors (Lipinski definition) is 2. The number of rotatable bonds is 3. The second-order valence-electron chi connectivity index (χ2n) is 6.09. The summed E-state index contributed by atoms with van der Waals surface area (Å²) in [4.78, 5) is 0. The normalized spacial score (nSPS) is 29.2. The molecule has 0 spiro atoms. The summed E-state index contributed by atoms with van der Waals surface area (Å²) in [6.45, 7) is 6.62. The molecule has 0 amide bonds. The summed E-state index contributed by atoms with van der Waals surface area (Å²) < 4.78 is 13.0. The lowest BCUT2D eigenvalue weighted by atomic mass is 9.79. The molecule has 1 aliphatic rings. The van der Waals surface area contributed by atoms with Crippen molar-refractivity contribution in [2.24, 2.45) is 11.8 Å². The molecule has 1 aromatic rings. The minimum Gasteiger partial charge on any atom is -0.508 e. The molecule has 1 fully saturated rings. The van der Waals surface area contributed by atoms with Crippen LogP contribution in [0, 0.1) is 17.7 Å². The molecule has 0 saturated heterocycles. The summed E-state index contributed by atoms with van der Waals surface area (Å²) in [5.74, 6) is 1.10. The summed E-state index contributed by atoms with van der Waals surface area (Å²) in [6, 6.07) is 4.77. The van der Waals surface area contributed by atoms with Crippen LogP contribution in [-0.2, 0) is 0 Å². The van der Waals surface area contributed by atoms with Crippen LogP contribution in [0.25, 0.3) is 0 Å². The van der Waals surface area contributed by atoms with E-state index in [9.17, 15) is 9.50 Å². The zero-order valence-electron chi connectivity index (χ0n) is 12.0. The van der Waals surface area contributed by atoms with Gasteiger partial charge in [-0.25, -0.2) is 4.39 Å². The fourth-order valence-corrected chi connectivity index (χ4v) is 3.21. The zero-order valence-corrected chi connectivity index (χ0v) is 12.0. The van der Waals surface area contributed by atoms with Crippen LogP contribution in [-0.4, -0.2) is 11.1 Å². The van der Waals surface area contributed by atoms with Gasteiger partial charge in [-0.15, -0.1) is 0 Å². The van der Waals surface area contributed by atoms with E-state index in [0.29, 0.717) is 12.0 Å². The van der Waals surface area contributed by atoms with Crippen LogP contribution in [0.4, 0.5) is 4.39 Å². The molecule has 1 aliphatic carbocycles. The van der Waals surface area contributed by atoms with E-state index >= 15 is 0 Å². The Morgan fingerprint density at radius 1 is 1.32 bits per heavy atom. The predicted molar refractivity (Wildman–Crippen MR) is 75.6 cm³/mol. The van der Waals surface area contributed by atoms with Gasteiger partial charge in [0.25, 0.3) is 0 Å². The highest BCUT2D eigenvalue weighted by atomic mass is 19.1. The van der Waals surface area contributed by atoms with Crippen LogP contribution in [0.1, 0.15) is 51.6 Å². The molecule has 4 atom stereocenters. The standard InChI is InChI=1S/C16H24FNO/c1-10-4-7-15(11(2)8-10)18-12(3)14-6-5-13(17)9-16(14)19/h5-6,9-12,15,18-19H,4,7-8H2,1-3H3. The van der Waals surface area contributed by atoms with Crippen LogP contribution in [0.5, 0.6) is 5.75 Å². The van der Waals surface area contributed by atoms with Crippen molar-refractivity contribution in [2.75, 3.05) is 0 Å². The summed E-state index contributed by atoms with van der Waals surface area (Å²) in [7, 11) is 0. The molecular formula is C16H24FNO. The van der Waals surface area contributed by atoms with Gasteiger partial charge in [-0.05, 0) is 44.1 Å². The molecule has 0 bridgehead atoms. The molecular weight excluding hydrogens is 241 g/mol. The highest BCUT2D eigenvalue weighted by Crippen LogP contribution is 2.31. The van der Waals surface area contributed by atoms with E-state index < -0.39 is 5.82 Å². The third kappa shape index (κ3) is 3.47. The van der Waals surface area contributed by atoms with Crippen molar-refractivity contribution in [3.8, 4) is 5.75 Å². The number of phenols is 1. The SMILES string of the molecule is CC1CCC(NC(C)c2ccc(F)cc2O)C(C)C1. The third-order valence-electron chi connectivity index (χ3n) is 4.35. The molecule has 1 saturated carbocycles. The van der Waals surface area contributed by atoms with Crippen molar-refractivity contribution in [3.63, 3.8) is 0 Å². The van der Waals surface area contributed by atoms with Gasteiger partial charge in [0.05, 0.1) is 0 Å². The van der Waals surface area contributed by atoms with E-state index in [0.717, 1.165) is 11.5 Å². The quantitative estimate of drug-likeness (QED) is 0.865. The smallest absolute Gasteiger partial charge is 0.126 e. The average Bonchev–Trinajstić information content (AvgIpc) is 2.32. The number of aromatic hydroxyl groups is 1. The summed E-state index contributed by atoms with van der Waals surface area (Å²) in [6.07, 6.45) is 3.68. The molecule has 2 N–H and O–H groups in total. The van der Waals surface area contributed by atoms with E-state index in [1.54, 1.807) is 6.07 Å². The van der Waals surface area contributed by atoms with Gasteiger partial charge in [0.2, 0.25) is 0 Å². The summed E-state index contributed by atoms with van der Waals surface area (Å²) in [5.41, 5.74) is 0.771. The Bertz CT molecular complexity index is 435. The lowest BCUT2D eigenvalue weighted by Gasteiger charge is -2.35. The number of nitrogens with one attached hydrogen (secondary N) is 1. The first-order valence-electron chi connectivity index (χ1n) is 7.22. The summed E-state index contributed by atoms with van der Waals surface area (Å²) in [5, 5.41) is 13.4. The van der Waals surface area contributed by atoms with Gasteiger partial charge in [0.1, 0.15) is 11.6 Å². The summed E-state index contributed by atoms with van der Waals surface area (Å²) >= 11 is 0. The molecule has 0 heterocycles. The van der Waals surface area contributed by atoms with Crippen molar-refractivity contribution < 1.29 is 9.50 Å². The Morgan fingerprint density at radius 3 is 2.68 bits per heavy atom. The van der Waals surface area contributed by atoms with Crippen molar-refractivity contribution in [2.45, 2.75) is 52.1 Å². The zero-order chi connectivity index (χ0) is 14.0. The molecule has 2 rings (SSSR count). The molecule has 3 heteroatoms. The predicted octanol–water partition coefficient (Wildman–Crippen LogP) is 4.01. The van der Waals surface area contributed by atoms with Crippen LogP contribution in [0.15, 0.2) is 18.2 Å². The van der Waals surface area contributed by atoms with Crippen LogP contribution < -0.4 is 5.32 Å². The molecule has 106 valence electrons. The minimum absolute atomic E-state index is 0.0387. The maximum atomic E-state index is 13.0. The van der Waals surface area contributed by atoms with E-state index in [1.165, 1.54) is 31.4 Å². The first kappa shape index (κ1) is 14.3. The van der Waals surface area contributed by atoms with E-state index in [1.807, 2.05) is 6.92 Å². The molecule has 0 aromatic heterocycles. The average molecular weight is 265 g/mol. The van der Waals surface area contributed by atoms with Crippen molar-refractivity contribution in [1.29, 1.82) is 0 Å². The Hall–Kier alpha value is -1.09. The highest BCUT2D eigenvalue weighted by molar-refractivity contribution is 5.34. The topological polar surface area (TPSA) is 32.3 Å². The van der Waals surface area contributed by atoms with Gasteiger partial charge in [-0.2, -0.15) is 0 Å². The van der Waals surface area contributed by atoms with Crippen LogP contribution in [0.3, 0.4) is 0 Å². The van der Waals surface area contributed by atoms with Gasteiger partial charge >= 0.3 is 0 Å². The fourth-order valence-electron chi connectivity index (χ4n) is 3.21. The lowest BCUT2D eigenvalue weighted by molar-refractivity contribution is 0.215. The van der Waals surface area contributed by atoms with Crippen LogP contribution >= 0.6 is 0 Å². The van der Waals surface area contributed by atoms with Gasteiger partial charge in [0, 0.05) is 23.7 Å². The minimum atomic E-state index is -0.395. The first-order chi connectivity index (χ1) is 8.97. The van der Waals surface area contributed by atoms with E-state index in [-0.39, 0.29) is 11.8 Å². The van der Waals surface area contributed by atoms with Crippen molar-refractivity contribution in [1.82, 2.24) is 5.32 Å². The molecule has 19 heavy (non-hydrogen) atoms. The molecule has 0 aliphatic heterocycles. The van der Waals surface area contributed by atoms with Crippen LogP contribution in [0.2, 0.25) is 0 Å². The number of halogens is 1. The van der Waals surface area contributed by atoms with Crippen molar-refractivity contribution in [3.05, 3.63) is 29.6 Å². The number of hydrogen-bond acceptors (Lipinski definition) is 2. The van der Waals surface area contributed by atoms with E-state index in [4.69, 9.17) is 0 Å². The highest BCUT2D eigenvalue weighted by Gasteiger charge is 2.26. The Balaban J connectivity index is 2.02. The molecule has 0 radical (unpaired) electrons. The second kappa shape index (κ2) is 5.91. The van der Waals surface area contributed by atoms with Crippen molar-refractivity contribution >= 4 is 0 Å². The van der Waals surface area contributed by atoms with E-state index in [2.05, 4.69) is 19.2 Å².